The Bertz CT molecular complexity index is 431. The van der Waals surface area contributed by atoms with Crippen LogP contribution in [-0.2, 0) is 9.84 Å². The normalized spacial score (nSPS) is 13.7. The summed E-state index contributed by atoms with van der Waals surface area (Å²) in [6, 6.07) is 7.73. The van der Waals surface area contributed by atoms with E-state index in [2.05, 4.69) is 28.0 Å². The zero-order valence-electron chi connectivity index (χ0n) is 8.98. The molecule has 0 aliphatic heterocycles. The summed E-state index contributed by atoms with van der Waals surface area (Å²) < 4.78 is 23.3. The number of sulfone groups is 1. The third-order valence-electron chi connectivity index (χ3n) is 2.25. The monoisotopic (exact) mass is 354 g/mol. The van der Waals surface area contributed by atoms with Gasteiger partial charge in [-0.1, -0.05) is 12.1 Å². The van der Waals surface area contributed by atoms with Crippen LogP contribution in [0.15, 0.2) is 24.3 Å². The average molecular weight is 354 g/mol. The molecule has 1 aromatic carbocycles. The minimum atomic E-state index is -2.94. The van der Waals surface area contributed by atoms with Crippen molar-refractivity contribution in [2.45, 2.75) is 12.5 Å². The Hall–Kier alpha value is -0.180. The Morgan fingerprint density at radius 2 is 1.94 bits per heavy atom. The highest BCUT2D eigenvalue weighted by atomic mass is 127. The highest BCUT2D eigenvalue weighted by molar-refractivity contribution is 14.1. The van der Waals surface area contributed by atoms with E-state index in [1.165, 1.54) is 6.26 Å². The summed E-state index contributed by atoms with van der Waals surface area (Å²) >= 11 is 2.22. The van der Waals surface area contributed by atoms with Crippen molar-refractivity contribution in [1.82, 2.24) is 5.43 Å². The number of nitrogens with two attached hydrogens (primary N) is 1. The number of nitrogens with one attached hydrogen (secondary N) is 1. The molecule has 1 atom stereocenters. The second-order valence-corrected chi connectivity index (χ2v) is 7.19. The Morgan fingerprint density at radius 1 is 1.38 bits per heavy atom. The standard InChI is InChI=1S/C10H15IN2O2S/c1-16(14,15)7-6-10(13-12)8-2-4-9(11)5-3-8/h2-5,10,13H,6-7,12H2,1H3. The summed E-state index contributed by atoms with van der Waals surface area (Å²) in [4.78, 5) is 0. The Balaban J connectivity index is 2.71. The summed E-state index contributed by atoms with van der Waals surface area (Å²) in [5.41, 5.74) is 3.65. The lowest BCUT2D eigenvalue weighted by molar-refractivity contribution is 0.531. The minimum Gasteiger partial charge on any atom is -0.271 e. The first-order valence-electron chi connectivity index (χ1n) is 4.81. The second-order valence-electron chi connectivity index (χ2n) is 3.69. The van der Waals surface area contributed by atoms with Crippen molar-refractivity contribution in [1.29, 1.82) is 0 Å². The first-order valence-corrected chi connectivity index (χ1v) is 7.95. The van der Waals surface area contributed by atoms with Crippen molar-refractivity contribution >= 4 is 32.4 Å². The molecule has 16 heavy (non-hydrogen) atoms. The van der Waals surface area contributed by atoms with Crippen LogP contribution in [0.2, 0.25) is 0 Å². The summed E-state index contributed by atoms with van der Waals surface area (Å²) in [5, 5.41) is 0. The molecule has 0 spiro atoms. The molecular formula is C10H15IN2O2S. The molecule has 1 unspecified atom stereocenters. The predicted octanol–water partition coefficient (Wildman–Crippen LogP) is 1.23. The lowest BCUT2D eigenvalue weighted by atomic mass is 10.1. The molecule has 0 amide bonds. The molecule has 6 heteroatoms. The lowest BCUT2D eigenvalue weighted by Crippen LogP contribution is -2.29. The molecule has 0 aliphatic carbocycles. The van der Waals surface area contributed by atoms with Gasteiger partial charge in [0.25, 0.3) is 0 Å². The largest absolute Gasteiger partial charge is 0.271 e. The molecule has 0 saturated carbocycles. The molecule has 0 heterocycles. The fourth-order valence-corrected chi connectivity index (χ4v) is 2.40. The molecule has 4 nitrogen and oxygen atoms in total. The van der Waals surface area contributed by atoms with Gasteiger partial charge in [0, 0.05) is 15.9 Å². The molecule has 3 N–H and O–H groups in total. The van der Waals surface area contributed by atoms with Crippen molar-refractivity contribution in [3.05, 3.63) is 33.4 Å². The van der Waals surface area contributed by atoms with Crippen molar-refractivity contribution < 1.29 is 8.42 Å². The summed E-state index contributed by atoms with van der Waals surface area (Å²) in [6.45, 7) is 0. The first-order chi connectivity index (χ1) is 7.42. The molecule has 1 aromatic rings. The van der Waals surface area contributed by atoms with Gasteiger partial charge in [-0.15, -0.1) is 0 Å². The zero-order chi connectivity index (χ0) is 12.2. The average Bonchev–Trinajstić information content (AvgIpc) is 2.20. The van der Waals surface area contributed by atoms with Crippen LogP contribution in [0.3, 0.4) is 0 Å². The fourth-order valence-electron chi connectivity index (χ4n) is 1.37. The van der Waals surface area contributed by atoms with Gasteiger partial charge < -0.3 is 0 Å². The number of rotatable bonds is 5. The molecule has 0 aromatic heterocycles. The van der Waals surface area contributed by atoms with E-state index in [1.54, 1.807) is 0 Å². The van der Waals surface area contributed by atoms with Crippen LogP contribution in [0, 0.1) is 3.57 Å². The van der Waals surface area contributed by atoms with Crippen LogP contribution >= 0.6 is 22.6 Å². The van der Waals surface area contributed by atoms with Gasteiger partial charge in [-0.2, -0.15) is 0 Å². The quantitative estimate of drug-likeness (QED) is 0.474. The van der Waals surface area contributed by atoms with Crippen LogP contribution < -0.4 is 11.3 Å². The van der Waals surface area contributed by atoms with Crippen LogP contribution in [0.1, 0.15) is 18.0 Å². The summed E-state index contributed by atoms with van der Waals surface area (Å²) in [6.07, 6.45) is 1.71. The van der Waals surface area contributed by atoms with Gasteiger partial charge in [0.15, 0.2) is 0 Å². The van der Waals surface area contributed by atoms with E-state index in [9.17, 15) is 8.42 Å². The lowest BCUT2D eigenvalue weighted by Gasteiger charge is -2.15. The number of hydrazine groups is 1. The molecule has 0 saturated heterocycles. The van der Waals surface area contributed by atoms with Gasteiger partial charge in [-0.25, -0.2) is 8.42 Å². The zero-order valence-corrected chi connectivity index (χ0v) is 12.0. The highest BCUT2D eigenvalue weighted by Crippen LogP contribution is 2.17. The van der Waals surface area contributed by atoms with Crippen molar-refractivity contribution in [3.63, 3.8) is 0 Å². The van der Waals surface area contributed by atoms with Crippen LogP contribution in [0.25, 0.3) is 0 Å². The topological polar surface area (TPSA) is 72.2 Å². The fraction of sp³-hybridized carbons (Fsp3) is 0.400. The molecule has 0 aliphatic rings. The molecular weight excluding hydrogens is 339 g/mol. The van der Waals surface area contributed by atoms with Crippen LogP contribution in [0.4, 0.5) is 0 Å². The van der Waals surface area contributed by atoms with Gasteiger partial charge in [-0.3, -0.25) is 11.3 Å². The summed E-state index contributed by atoms with van der Waals surface area (Å²) in [5.74, 6) is 5.56. The van der Waals surface area contributed by atoms with E-state index in [-0.39, 0.29) is 11.8 Å². The van der Waals surface area contributed by atoms with Gasteiger partial charge >= 0.3 is 0 Å². The Kier molecular flexibility index (Phi) is 5.16. The van der Waals surface area contributed by atoms with Crippen molar-refractivity contribution in [3.8, 4) is 0 Å². The Morgan fingerprint density at radius 3 is 2.38 bits per heavy atom. The Labute approximate surface area is 110 Å². The van der Waals surface area contributed by atoms with Gasteiger partial charge in [0.1, 0.15) is 9.84 Å². The predicted molar refractivity (Wildman–Crippen MR) is 73.6 cm³/mol. The third kappa shape index (κ3) is 4.77. The maximum absolute atomic E-state index is 11.1. The third-order valence-corrected chi connectivity index (χ3v) is 3.95. The minimum absolute atomic E-state index is 0.119. The number of hydrogen-bond acceptors (Lipinski definition) is 4. The van der Waals surface area contributed by atoms with E-state index < -0.39 is 9.84 Å². The van der Waals surface area contributed by atoms with E-state index in [0.717, 1.165) is 9.13 Å². The van der Waals surface area contributed by atoms with Crippen molar-refractivity contribution in [2.75, 3.05) is 12.0 Å². The van der Waals surface area contributed by atoms with Gasteiger partial charge in [0.05, 0.1) is 5.75 Å². The van der Waals surface area contributed by atoms with E-state index in [0.29, 0.717) is 6.42 Å². The maximum Gasteiger partial charge on any atom is 0.147 e. The first kappa shape index (κ1) is 13.9. The second kappa shape index (κ2) is 5.95. The molecule has 90 valence electrons. The SMILES string of the molecule is CS(=O)(=O)CCC(NN)c1ccc(I)cc1. The molecule has 0 bridgehead atoms. The van der Waals surface area contributed by atoms with Gasteiger partial charge in [0.2, 0.25) is 0 Å². The molecule has 0 fully saturated rings. The van der Waals surface area contributed by atoms with E-state index >= 15 is 0 Å². The number of benzene rings is 1. The molecule has 1 rings (SSSR count). The number of hydrogen-bond donors (Lipinski definition) is 2. The van der Waals surface area contributed by atoms with Gasteiger partial charge in [-0.05, 0) is 46.7 Å². The highest BCUT2D eigenvalue weighted by Gasteiger charge is 2.12. The number of halogens is 1. The summed E-state index contributed by atoms with van der Waals surface area (Å²) in [7, 11) is -2.94. The van der Waals surface area contributed by atoms with Crippen LogP contribution in [0.5, 0.6) is 0 Å². The van der Waals surface area contributed by atoms with E-state index in [1.807, 2.05) is 24.3 Å². The molecule has 0 radical (unpaired) electrons. The van der Waals surface area contributed by atoms with Crippen LogP contribution in [-0.4, -0.2) is 20.4 Å². The van der Waals surface area contributed by atoms with E-state index in [4.69, 9.17) is 5.84 Å². The smallest absolute Gasteiger partial charge is 0.147 e. The maximum atomic E-state index is 11.1. The van der Waals surface area contributed by atoms with Crippen molar-refractivity contribution in [2.24, 2.45) is 5.84 Å².